The highest BCUT2D eigenvalue weighted by molar-refractivity contribution is 4.91. The molecule has 2 aliphatic rings. The van der Waals surface area contributed by atoms with E-state index in [1.807, 2.05) is 0 Å². The zero-order valence-electron chi connectivity index (χ0n) is 11.1. The van der Waals surface area contributed by atoms with Crippen molar-refractivity contribution in [2.75, 3.05) is 13.2 Å². The van der Waals surface area contributed by atoms with Gasteiger partial charge in [0.15, 0.2) is 0 Å². The Hall–Kier alpha value is -0.0800. The van der Waals surface area contributed by atoms with Gasteiger partial charge in [0.25, 0.3) is 0 Å². The van der Waals surface area contributed by atoms with Gasteiger partial charge in [-0.05, 0) is 37.0 Å². The molecule has 1 saturated heterocycles. The molecular formula is C14H27NO. The number of rotatable bonds is 4. The standard InChI is InChI=1S/C14H27NO/c1-4-12-11(7-9-16-12)10-15-13-6-5-8-14(13,2)3/h11-13,15H,4-10H2,1-3H3. The van der Waals surface area contributed by atoms with E-state index in [-0.39, 0.29) is 0 Å². The third-order valence-corrected chi connectivity index (χ3v) is 4.63. The highest BCUT2D eigenvalue weighted by Gasteiger charge is 2.35. The molecule has 16 heavy (non-hydrogen) atoms. The second-order valence-corrected chi connectivity index (χ2v) is 6.21. The molecule has 0 aromatic rings. The monoisotopic (exact) mass is 225 g/mol. The van der Waals surface area contributed by atoms with Gasteiger partial charge in [0.1, 0.15) is 0 Å². The molecule has 0 spiro atoms. The summed E-state index contributed by atoms with van der Waals surface area (Å²) in [6.45, 7) is 9.17. The Balaban J connectivity index is 1.78. The Bertz CT molecular complexity index is 227. The summed E-state index contributed by atoms with van der Waals surface area (Å²) in [7, 11) is 0. The number of hydrogen-bond acceptors (Lipinski definition) is 2. The summed E-state index contributed by atoms with van der Waals surface area (Å²) in [4.78, 5) is 0. The quantitative estimate of drug-likeness (QED) is 0.794. The molecule has 94 valence electrons. The van der Waals surface area contributed by atoms with Crippen LogP contribution in [0.25, 0.3) is 0 Å². The van der Waals surface area contributed by atoms with Crippen LogP contribution in [0.4, 0.5) is 0 Å². The molecule has 1 saturated carbocycles. The molecule has 3 atom stereocenters. The lowest BCUT2D eigenvalue weighted by Gasteiger charge is -2.29. The largest absolute Gasteiger partial charge is 0.378 e. The van der Waals surface area contributed by atoms with Crippen LogP contribution < -0.4 is 5.32 Å². The van der Waals surface area contributed by atoms with E-state index >= 15 is 0 Å². The molecule has 2 rings (SSSR count). The van der Waals surface area contributed by atoms with Crippen molar-refractivity contribution in [2.45, 2.75) is 65.0 Å². The normalized spacial score (nSPS) is 38.1. The number of ether oxygens (including phenoxy) is 1. The molecule has 2 fully saturated rings. The fourth-order valence-corrected chi connectivity index (χ4v) is 3.38. The van der Waals surface area contributed by atoms with E-state index in [9.17, 15) is 0 Å². The van der Waals surface area contributed by atoms with Gasteiger partial charge in [0.05, 0.1) is 6.10 Å². The van der Waals surface area contributed by atoms with Gasteiger partial charge in [-0.25, -0.2) is 0 Å². The SMILES string of the molecule is CCC1OCCC1CNC1CCCC1(C)C. The Morgan fingerprint density at radius 1 is 1.31 bits per heavy atom. The van der Waals surface area contributed by atoms with Crippen LogP contribution in [-0.2, 0) is 4.74 Å². The van der Waals surface area contributed by atoms with E-state index in [2.05, 4.69) is 26.1 Å². The minimum Gasteiger partial charge on any atom is -0.378 e. The fourth-order valence-electron chi connectivity index (χ4n) is 3.38. The van der Waals surface area contributed by atoms with Crippen LogP contribution >= 0.6 is 0 Å². The second-order valence-electron chi connectivity index (χ2n) is 6.21. The lowest BCUT2D eigenvalue weighted by atomic mass is 9.87. The predicted octanol–water partition coefficient (Wildman–Crippen LogP) is 2.97. The molecule has 0 aromatic heterocycles. The third-order valence-electron chi connectivity index (χ3n) is 4.63. The molecular weight excluding hydrogens is 198 g/mol. The van der Waals surface area contributed by atoms with Gasteiger partial charge < -0.3 is 10.1 Å². The highest BCUT2D eigenvalue weighted by atomic mass is 16.5. The maximum Gasteiger partial charge on any atom is 0.0613 e. The lowest BCUT2D eigenvalue weighted by molar-refractivity contribution is 0.0854. The van der Waals surface area contributed by atoms with E-state index in [0.717, 1.165) is 25.1 Å². The van der Waals surface area contributed by atoms with Crippen molar-refractivity contribution in [2.24, 2.45) is 11.3 Å². The maximum atomic E-state index is 5.74. The van der Waals surface area contributed by atoms with Crippen LogP contribution in [0.3, 0.4) is 0 Å². The first kappa shape index (κ1) is 12.4. The second kappa shape index (κ2) is 5.05. The minimum absolute atomic E-state index is 0.501. The summed E-state index contributed by atoms with van der Waals surface area (Å²) >= 11 is 0. The topological polar surface area (TPSA) is 21.3 Å². The number of nitrogens with one attached hydrogen (secondary N) is 1. The van der Waals surface area contributed by atoms with Crippen molar-refractivity contribution in [1.82, 2.24) is 5.32 Å². The molecule has 0 bridgehead atoms. The molecule has 1 heterocycles. The first-order chi connectivity index (χ1) is 7.63. The van der Waals surface area contributed by atoms with Gasteiger partial charge in [-0.3, -0.25) is 0 Å². The van der Waals surface area contributed by atoms with Crippen molar-refractivity contribution in [1.29, 1.82) is 0 Å². The van der Waals surface area contributed by atoms with E-state index in [4.69, 9.17) is 4.74 Å². The van der Waals surface area contributed by atoms with E-state index in [1.165, 1.54) is 32.1 Å². The summed E-state index contributed by atoms with van der Waals surface area (Å²) in [5.74, 6) is 0.751. The van der Waals surface area contributed by atoms with Gasteiger partial charge in [0, 0.05) is 19.2 Å². The molecule has 1 N–H and O–H groups in total. The van der Waals surface area contributed by atoms with Gasteiger partial charge >= 0.3 is 0 Å². The van der Waals surface area contributed by atoms with Gasteiger partial charge in [-0.2, -0.15) is 0 Å². The van der Waals surface area contributed by atoms with Crippen LogP contribution in [0.5, 0.6) is 0 Å². The minimum atomic E-state index is 0.501. The van der Waals surface area contributed by atoms with Crippen LogP contribution in [0.15, 0.2) is 0 Å². The zero-order chi connectivity index (χ0) is 11.6. The van der Waals surface area contributed by atoms with Gasteiger partial charge in [0.2, 0.25) is 0 Å². The predicted molar refractivity (Wildman–Crippen MR) is 67.6 cm³/mol. The molecule has 3 unspecified atom stereocenters. The van der Waals surface area contributed by atoms with Gasteiger partial charge in [-0.15, -0.1) is 0 Å². The molecule has 2 heteroatoms. The smallest absolute Gasteiger partial charge is 0.0613 e. The van der Waals surface area contributed by atoms with Crippen molar-refractivity contribution in [3.8, 4) is 0 Å². The van der Waals surface area contributed by atoms with Crippen LogP contribution in [0.2, 0.25) is 0 Å². The molecule has 1 aliphatic carbocycles. The Labute approximate surface area is 100 Å². The average Bonchev–Trinajstić information content (AvgIpc) is 2.81. The summed E-state index contributed by atoms with van der Waals surface area (Å²) < 4.78 is 5.74. The average molecular weight is 225 g/mol. The van der Waals surface area contributed by atoms with Crippen molar-refractivity contribution in [3.05, 3.63) is 0 Å². The summed E-state index contributed by atoms with van der Waals surface area (Å²) in [6.07, 6.45) is 7.06. The Morgan fingerprint density at radius 2 is 2.12 bits per heavy atom. The molecule has 2 nitrogen and oxygen atoms in total. The van der Waals surface area contributed by atoms with Gasteiger partial charge in [-0.1, -0.05) is 27.2 Å². The Morgan fingerprint density at radius 3 is 2.75 bits per heavy atom. The van der Waals surface area contributed by atoms with Crippen molar-refractivity contribution in [3.63, 3.8) is 0 Å². The van der Waals surface area contributed by atoms with E-state index in [1.54, 1.807) is 0 Å². The first-order valence-corrected chi connectivity index (χ1v) is 6.98. The third kappa shape index (κ3) is 2.60. The van der Waals surface area contributed by atoms with Crippen molar-refractivity contribution < 1.29 is 4.74 Å². The molecule has 0 radical (unpaired) electrons. The summed E-state index contributed by atoms with van der Waals surface area (Å²) in [5, 5.41) is 3.80. The lowest BCUT2D eigenvalue weighted by Crippen LogP contribution is -2.41. The first-order valence-electron chi connectivity index (χ1n) is 6.98. The Kier molecular flexibility index (Phi) is 3.91. The fraction of sp³-hybridized carbons (Fsp3) is 1.00. The van der Waals surface area contributed by atoms with Crippen molar-refractivity contribution >= 4 is 0 Å². The molecule has 0 aromatic carbocycles. The van der Waals surface area contributed by atoms with E-state index < -0.39 is 0 Å². The number of hydrogen-bond donors (Lipinski definition) is 1. The maximum absolute atomic E-state index is 5.74. The van der Waals surface area contributed by atoms with Crippen LogP contribution in [-0.4, -0.2) is 25.3 Å². The zero-order valence-corrected chi connectivity index (χ0v) is 11.1. The molecule has 0 amide bonds. The highest BCUT2D eigenvalue weighted by Crippen LogP contribution is 2.37. The van der Waals surface area contributed by atoms with Crippen LogP contribution in [0, 0.1) is 11.3 Å². The van der Waals surface area contributed by atoms with Crippen LogP contribution in [0.1, 0.15) is 52.9 Å². The van der Waals surface area contributed by atoms with E-state index in [0.29, 0.717) is 11.5 Å². The summed E-state index contributed by atoms with van der Waals surface area (Å²) in [6, 6.07) is 0.727. The molecule has 1 aliphatic heterocycles. The summed E-state index contributed by atoms with van der Waals surface area (Å²) in [5.41, 5.74) is 0.501.